The lowest BCUT2D eigenvalue weighted by molar-refractivity contribution is -0.384. The number of morpholine rings is 1. The number of ether oxygens (including phenoxy) is 1. The molecule has 3 aliphatic rings. The van der Waals surface area contributed by atoms with Crippen LogP contribution in [0.5, 0.6) is 0 Å². The van der Waals surface area contributed by atoms with Crippen LogP contribution in [0.1, 0.15) is 27.9 Å². The minimum absolute atomic E-state index is 0.154. The van der Waals surface area contributed by atoms with Gasteiger partial charge in [-0.3, -0.25) is 24.7 Å². The Bertz CT molecular complexity index is 2440. The van der Waals surface area contributed by atoms with Gasteiger partial charge >= 0.3 is 0 Å². The van der Waals surface area contributed by atoms with Crippen LogP contribution in [0.4, 0.5) is 17.1 Å². The minimum atomic E-state index is -4.46. The molecule has 2 saturated heterocycles. The molecule has 0 radical (unpaired) electrons. The molecule has 3 heterocycles. The van der Waals surface area contributed by atoms with E-state index in [1.165, 1.54) is 23.3 Å². The van der Waals surface area contributed by atoms with E-state index in [9.17, 15) is 23.3 Å². The molecule has 3 aliphatic heterocycles. The molecule has 1 amide bonds. The third-order valence-electron chi connectivity index (χ3n) is 11.4. The van der Waals surface area contributed by atoms with Gasteiger partial charge in [-0.05, 0) is 89.7 Å². The van der Waals surface area contributed by atoms with Crippen molar-refractivity contribution in [1.29, 1.82) is 0 Å². The topological polar surface area (TPSA) is 137 Å². The van der Waals surface area contributed by atoms with Gasteiger partial charge in [0, 0.05) is 90.9 Å². The molecule has 2 fully saturated rings. The van der Waals surface area contributed by atoms with Crippen LogP contribution < -0.4 is 14.9 Å². The van der Waals surface area contributed by atoms with Crippen molar-refractivity contribution in [2.45, 2.75) is 41.3 Å². The molecule has 312 valence electrons. The van der Waals surface area contributed by atoms with Crippen molar-refractivity contribution in [2.24, 2.45) is 0 Å². The highest BCUT2D eigenvalue weighted by Crippen LogP contribution is 2.36. The average molecular weight is 867 g/mol. The Morgan fingerprint density at radius 2 is 1.67 bits per heavy atom. The summed E-state index contributed by atoms with van der Waals surface area (Å²) in [5.41, 5.74) is 5.60. The van der Waals surface area contributed by atoms with Gasteiger partial charge in [0.15, 0.2) is 0 Å². The largest absolute Gasteiger partial charge is 0.379 e. The molecule has 12 nitrogen and oxygen atoms in total. The number of nitrogens with zero attached hydrogens (tertiary/aromatic N) is 4. The van der Waals surface area contributed by atoms with Crippen molar-refractivity contribution < 1.29 is 22.9 Å². The SMILES string of the molecule is O=C(NS(=O)(=O)c1ccc(N[C@H](CCN2CCOCC2)CSc2ccccc2)c([N+](=O)[O-])c1)c1ccc2c(c1)C[C@H]1CN(Cc3ccccc3-c3ccc(Cl)cc3)CCN21. The number of thioether (sulfide) groups is 1. The van der Waals surface area contributed by atoms with Gasteiger partial charge < -0.3 is 15.0 Å². The smallest absolute Gasteiger partial charge is 0.293 e. The first-order chi connectivity index (χ1) is 29.1. The molecule has 5 aromatic carbocycles. The molecule has 2 atom stereocenters. The van der Waals surface area contributed by atoms with E-state index < -0.39 is 20.9 Å². The van der Waals surface area contributed by atoms with Crippen LogP contribution in [0.3, 0.4) is 0 Å². The number of fused-ring (bicyclic) bond motifs is 3. The Kier molecular flexibility index (Phi) is 13.1. The van der Waals surface area contributed by atoms with E-state index in [2.05, 4.69) is 42.9 Å². The number of benzene rings is 5. The van der Waals surface area contributed by atoms with Crippen LogP contribution in [0, 0.1) is 10.1 Å². The quantitative estimate of drug-likeness (QED) is 0.0613. The zero-order valence-electron chi connectivity index (χ0n) is 33.0. The summed E-state index contributed by atoms with van der Waals surface area (Å²) >= 11 is 7.80. The van der Waals surface area contributed by atoms with E-state index in [-0.39, 0.29) is 33.9 Å². The number of nitrogens with one attached hydrogen (secondary N) is 2. The highest BCUT2D eigenvalue weighted by atomic mass is 35.5. The fourth-order valence-electron chi connectivity index (χ4n) is 8.27. The number of amides is 1. The van der Waals surface area contributed by atoms with Gasteiger partial charge in [-0.25, -0.2) is 13.1 Å². The summed E-state index contributed by atoms with van der Waals surface area (Å²) in [6.07, 6.45) is 1.43. The number of sulfonamides is 1. The molecule has 0 bridgehead atoms. The summed E-state index contributed by atoms with van der Waals surface area (Å²) in [4.78, 5) is 33.1. The predicted octanol–water partition coefficient (Wildman–Crippen LogP) is 7.58. The fraction of sp³-hybridized carbons (Fsp3) is 0.311. The second-order valence-electron chi connectivity index (χ2n) is 15.4. The molecule has 60 heavy (non-hydrogen) atoms. The molecule has 2 N–H and O–H groups in total. The first-order valence-corrected chi connectivity index (χ1v) is 23.0. The third-order valence-corrected chi connectivity index (χ3v) is 14.1. The van der Waals surface area contributed by atoms with Crippen molar-refractivity contribution in [3.8, 4) is 11.1 Å². The second-order valence-corrected chi connectivity index (χ2v) is 18.6. The Morgan fingerprint density at radius 3 is 2.45 bits per heavy atom. The Hall–Kier alpha value is -4.96. The zero-order valence-corrected chi connectivity index (χ0v) is 35.4. The molecule has 0 spiro atoms. The number of halogens is 1. The van der Waals surface area contributed by atoms with Crippen LogP contribution in [0.25, 0.3) is 11.1 Å². The molecule has 0 aromatic heterocycles. The summed E-state index contributed by atoms with van der Waals surface area (Å²) in [7, 11) is -4.46. The lowest BCUT2D eigenvalue weighted by Gasteiger charge is -2.39. The van der Waals surface area contributed by atoms with E-state index in [0.29, 0.717) is 30.4 Å². The highest BCUT2D eigenvalue weighted by molar-refractivity contribution is 7.99. The predicted molar refractivity (Wildman–Crippen MR) is 238 cm³/mol. The van der Waals surface area contributed by atoms with Gasteiger partial charge in [-0.15, -0.1) is 11.8 Å². The van der Waals surface area contributed by atoms with Gasteiger partial charge in [-0.2, -0.15) is 0 Å². The monoisotopic (exact) mass is 866 g/mol. The van der Waals surface area contributed by atoms with E-state index in [1.54, 1.807) is 23.9 Å². The maximum Gasteiger partial charge on any atom is 0.293 e. The number of nitro groups is 1. The first-order valence-electron chi connectivity index (χ1n) is 20.2. The molecule has 0 unspecified atom stereocenters. The summed E-state index contributed by atoms with van der Waals surface area (Å²) in [6.45, 7) is 7.09. The maximum absolute atomic E-state index is 13.6. The van der Waals surface area contributed by atoms with Gasteiger partial charge in [0.1, 0.15) is 5.69 Å². The van der Waals surface area contributed by atoms with E-state index in [4.69, 9.17) is 16.3 Å². The van der Waals surface area contributed by atoms with E-state index in [0.717, 1.165) is 80.0 Å². The standard InChI is InChI=1S/C45H47ClN6O6S2/c46-36-13-10-32(11-14-36)41-9-5-4-6-34(41)29-50-20-21-51-38(30-50)27-35-26-33(12-17-43(35)51)45(53)48-60(56,57)40-15-16-42(44(28-40)52(54)55)47-37(18-19-49-22-24-58-25-23-49)31-59-39-7-2-1-3-8-39/h1-17,26,28,37-38,47H,18-25,27,29-31H2,(H,48,53)/t37-,38+/m1/s1. The van der Waals surface area contributed by atoms with Crippen molar-refractivity contribution in [1.82, 2.24) is 14.5 Å². The van der Waals surface area contributed by atoms with Crippen molar-refractivity contribution in [3.05, 3.63) is 147 Å². The summed E-state index contributed by atoms with van der Waals surface area (Å²) in [5, 5.41) is 16.4. The Balaban J connectivity index is 0.919. The third kappa shape index (κ3) is 9.97. The summed E-state index contributed by atoms with van der Waals surface area (Å²) in [5.74, 6) is -0.159. The van der Waals surface area contributed by atoms with Gasteiger partial charge in [0.05, 0.1) is 23.0 Å². The van der Waals surface area contributed by atoms with Gasteiger partial charge in [0.2, 0.25) is 0 Å². The second kappa shape index (κ2) is 18.8. The van der Waals surface area contributed by atoms with E-state index in [1.807, 2.05) is 66.7 Å². The number of hydrogen-bond donors (Lipinski definition) is 2. The normalized spacial score (nSPS) is 17.4. The maximum atomic E-state index is 13.6. The Labute approximate surface area is 360 Å². The van der Waals surface area contributed by atoms with Crippen LogP contribution in [-0.4, -0.2) is 99.4 Å². The lowest BCUT2D eigenvalue weighted by atomic mass is 9.99. The number of carbonyl (C=O) groups excluding carboxylic acids is 1. The molecule has 5 aromatic rings. The number of hydrogen-bond acceptors (Lipinski definition) is 11. The van der Waals surface area contributed by atoms with E-state index >= 15 is 0 Å². The molecular weight excluding hydrogens is 820 g/mol. The zero-order chi connectivity index (χ0) is 41.6. The first kappa shape index (κ1) is 41.8. The minimum Gasteiger partial charge on any atom is -0.379 e. The number of nitro benzene ring substituents is 1. The van der Waals surface area contributed by atoms with Crippen LogP contribution in [0.15, 0.2) is 125 Å². The molecule has 0 aliphatic carbocycles. The molecular formula is C45H47ClN6O6S2. The van der Waals surface area contributed by atoms with Crippen molar-refractivity contribution in [3.63, 3.8) is 0 Å². The lowest BCUT2D eigenvalue weighted by Crippen LogP contribution is -2.51. The van der Waals surface area contributed by atoms with Crippen molar-refractivity contribution in [2.75, 3.05) is 68.5 Å². The summed E-state index contributed by atoms with van der Waals surface area (Å²) in [6, 6.07) is 35.3. The molecule has 15 heteroatoms. The number of piperazine rings is 1. The van der Waals surface area contributed by atoms with Crippen LogP contribution in [0.2, 0.25) is 5.02 Å². The summed E-state index contributed by atoms with van der Waals surface area (Å²) < 4.78 is 34.9. The number of carbonyl (C=O) groups is 1. The number of anilines is 2. The van der Waals surface area contributed by atoms with Crippen LogP contribution in [-0.2, 0) is 27.7 Å². The van der Waals surface area contributed by atoms with Gasteiger partial charge in [-0.1, -0.05) is 66.2 Å². The Morgan fingerprint density at radius 1 is 0.900 bits per heavy atom. The molecule has 8 rings (SSSR count). The highest BCUT2D eigenvalue weighted by Gasteiger charge is 2.35. The molecule has 0 saturated carbocycles. The fourth-order valence-corrected chi connectivity index (χ4v) is 10.4. The van der Waals surface area contributed by atoms with Crippen molar-refractivity contribution >= 4 is 56.4 Å². The number of rotatable bonds is 15. The van der Waals surface area contributed by atoms with Crippen LogP contribution >= 0.6 is 23.4 Å². The average Bonchev–Trinajstić information content (AvgIpc) is 3.63. The van der Waals surface area contributed by atoms with Gasteiger partial charge in [0.25, 0.3) is 21.6 Å².